The van der Waals surface area contributed by atoms with Crippen LogP contribution in [0.3, 0.4) is 0 Å². The van der Waals surface area contributed by atoms with Crippen molar-refractivity contribution < 1.29 is 4.79 Å². The first-order chi connectivity index (χ1) is 9.18. The second-order valence-electron chi connectivity index (χ2n) is 6.74. The van der Waals surface area contributed by atoms with E-state index < -0.39 is 0 Å². The number of carbonyl (C=O) groups is 1. The minimum absolute atomic E-state index is 0. The quantitative estimate of drug-likeness (QED) is 0.816. The standard InChI is InChI=1S/C16H30N2O.ClH/c17-16(11-5-2-6-12-16)13-18-15(19)10-9-14-7-3-1-4-8-14;/h14H,1-13,17H2,(H,18,19);1H. The minimum Gasteiger partial charge on any atom is -0.354 e. The van der Waals surface area contributed by atoms with E-state index in [0.29, 0.717) is 13.0 Å². The molecule has 2 fully saturated rings. The van der Waals surface area contributed by atoms with Crippen LogP contribution in [0.5, 0.6) is 0 Å². The molecule has 2 rings (SSSR count). The molecule has 0 heterocycles. The molecule has 0 bridgehead atoms. The maximum Gasteiger partial charge on any atom is 0.220 e. The van der Waals surface area contributed by atoms with Crippen LogP contribution in [0.1, 0.15) is 77.0 Å². The Morgan fingerprint density at radius 1 is 1.05 bits per heavy atom. The highest BCUT2D eigenvalue weighted by Gasteiger charge is 2.27. The third-order valence-electron chi connectivity index (χ3n) is 4.99. The normalized spacial score (nSPS) is 22.9. The Balaban J connectivity index is 0.00000200. The van der Waals surface area contributed by atoms with Gasteiger partial charge >= 0.3 is 0 Å². The molecule has 0 spiro atoms. The Kier molecular flexibility index (Phi) is 7.90. The first kappa shape index (κ1) is 17.8. The van der Waals surface area contributed by atoms with E-state index in [0.717, 1.165) is 25.2 Å². The van der Waals surface area contributed by atoms with E-state index in [-0.39, 0.29) is 23.9 Å². The Morgan fingerprint density at radius 3 is 2.30 bits per heavy atom. The summed E-state index contributed by atoms with van der Waals surface area (Å²) in [6.07, 6.45) is 14.4. The number of hydrogen-bond donors (Lipinski definition) is 2. The molecule has 0 aromatic carbocycles. The number of rotatable bonds is 5. The molecule has 3 N–H and O–H groups in total. The molecule has 2 aliphatic rings. The Morgan fingerprint density at radius 2 is 1.65 bits per heavy atom. The second-order valence-corrected chi connectivity index (χ2v) is 6.74. The molecule has 0 unspecified atom stereocenters. The van der Waals surface area contributed by atoms with Gasteiger partial charge in [0.1, 0.15) is 0 Å². The average molecular weight is 303 g/mol. The van der Waals surface area contributed by atoms with Gasteiger partial charge in [-0.1, -0.05) is 51.4 Å². The fourth-order valence-corrected chi connectivity index (χ4v) is 3.61. The van der Waals surface area contributed by atoms with Crippen LogP contribution in [0.25, 0.3) is 0 Å². The smallest absolute Gasteiger partial charge is 0.220 e. The van der Waals surface area contributed by atoms with Crippen LogP contribution < -0.4 is 11.1 Å². The molecule has 4 heteroatoms. The molecule has 0 saturated heterocycles. The largest absolute Gasteiger partial charge is 0.354 e. The van der Waals surface area contributed by atoms with Gasteiger partial charge in [-0.3, -0.25) is 4.79 Å². The van der Waals surface area contributed by atoms with Crippen LogP contribution in [0.2, 0.25) is 0 Å². The summed E-state index contributed by atoms with van der Waals surface area (Å²) in [5.41, 5.74) is 6.21. The number of carbonyl (C=O) groups excluding carboxylic acids is 1. The summed E-state index contributed by atoms with van der Waals surface area (Å²) < 4.78 is 0. The second kappa shape index (κ2) is 8.89. The summed E-state index contributed by atoms with van der Waals surface area (Å²) in [5, 5.41) is 3.07. The number of hydrogen-bond acceptors (Lipinski definition) is 2. The molecule has 1 amide bonds. The summed E-state index contributed by atoms with van der Waals surface area (Å²) in [6.45, 7) is 0.677. The fourth-order valence-electron chi connectivity index (χ4n) is 3.61. The Hall–Kier alpha value is -0.280. The van der Waals surface area contributed by atoms with Gasteiger partial charge in [-0.05, 0) is 25.2 Å². The number of amides is 1. The maximum absolute atomic E-state index is 11.9. The molecule has 0 atom stereocenters. The molecule has 0 radical (unpaired) electrons. The van der Waals surface area contributed by atoms with Crippen LogP contribution in [-0.4, -0.2) is 18.0 Å². The molecule has 0 aromatic rings. The molecule has 0 aromatic heterocycles. The maximum atomic E-state index is 11.9. The Labute approximate surface area is 129 Å². The molecule has 2 aliphatic carbocycles. The molecule has 2 saturated carbocycles. The van der Waals surface area contributed by atoms with Gasteiger partial charge in [0.25, 0.3) is 0 Å². The topological polar surface area (TPSA) is 55.1 Å². The van der Waals surface area contributed by atoms with Crippen LogP contribution in [0.15, 0.2) is 0 Å². The van der Waals surface area contributed by atoms with Crippen molar-refractivity contribution in [1.29, 1.82) is 0 Å². The first-order valence-corrected chi connectivity index (χ1v) is 8.24. The van der Waals surface area contributed by atoms with Crippen molar-refractivity contribution in [2.24, 2.45) is 11.7 Å². The zero-order chi connectivity index (χ0) is 13.6. The average Bonchev–Trinajstić information content (AvgIpc) is 2.45. The van der Waals surface area contributed by atoms with E-state index in [9.17, 15) is 4.79 Å². The number of nitrogens with two attached hydrogens (primary N) is 1. The van der Waals surface area contributed by atoms with E-state index in [2.05, 4.69) is 5.32 Å². The van der Waals surface area contributed by atoms with Crippen molar-refractivity contribution in [1.82, 2.24) is 5.32 Å². The van der Waals surface area contributed by atoms with Gasteiger partial charge in [-0.25, -0.2) is 0 Å². The van der Waals surface area contributed by atoms with E-state index in [4.69, 9.17) is 5.73 Å². The monoisotopic (exact) mass is 302 g/mol. The van der Waals surface area contributed by atoms with Gasteiger partial charge in [0.2, 0.25) is 5.91 Å². The highest BCUT2D eigenvalue weighted by molar-refractivity contribution is 5.85. The summed E-state index contributed by atoms with van der Waals surface area (Å²) in [6, 6.07) is 0. The zero-order valence-corrected chi connectivity index (χ0v) is 13.5. The van der Waals surface area contributed by atoms with Crippen LogP contribution in [0.4, 0.5) is 0 Å². The van der Waals surface area contributed by atoms with Gasteiger partial charge in [0, 0.05) is 18.5 Å². The first-order valence-electron chi connectivity index (χ1n) is 8.24. The number of halogens is 1. The lowest BCUT2D eigenvalue weighted by Gasteiger charge is -2.33. The highest BCUT2D eigenvalue weighted by Crippen LogP contribution is 2.27. The molecule has 3 nitrogen and oxygen atoms in total. The van der Waals surface area contributed by atoms with Crippen LogP contribution in [-0.2, 0) is 4.79 Å². The van der Waals surface area contributed by atoms with E-state index >= 15 is 0 Å². The van der Waals surface area contributed by atoms with Crippen LogP contribution >= 0.6 is 12.4 Å². The van der Waals surface area contributed by atoms with Crippen molar-refractivity contribution in [3.05, 3.63) is 0 Å². The third-order valence-corrected chi connectivity index (χ3v) is 4.99. The summed E-state index contributed by atoms with van der Waals surface area (Å²) in [5.74, 6) is 1.00. The van der Waals surface area contributed by atoms with Gasteiger partial charge in [0.05, 0.1) is 0 Å². The Bertz CT molecular complexity index is 284. The lowest BCUT2D eigenvalue weighted by atomic mass is 9.82. The van der Waals surface area contributed by atoms with Gasteiger partial charge < -0.3 is 11.1 Å². The van der Waals surface area contributed by atoms with Gasteiger partial charge in [0.15, 0.2) is 0 Å². The van der Waals surface area contributed by atoms with Crippen molar-refractivity contribution in [2.45, 2.75) is 82.6 Å². The molecule has 20 heavy (non-hydrogen) atoms. The van der Waals surface area contributed by atoms with Crippen molar-refractivity contribution in [3.8, 4) is 0 Å². The lowest BCUT2D eigenvalue weighted by Crippen LogP contribution is -2.51. The highest BCUT2D eigenvalue weighted by atomic mass is 35.5. The van der Waals surface area contributed by atoms with Gasteiger partial charge in [-0.15, -0.1) is 12.4 Å². The number of nitrogens with one attached hydrogen (secondary N) is 1. The zero-order valence-electron chi connectivity index (χ0n) is 12.7. The molecular formula is C16H31ClN2O. The predicted octanol–water partition coefficient (Wildman–Crippen LogP) is 3.55. The van der Waals surface area contributed by atoms with Crippen molar-refractivity contribution >= 4 is 18.3 Å². The summed E-state index contributed by atoms with van der Waals surface area (Å²) in [4.78, 5) is 11.9. The SMILES string of the molecule is Cl.NC1(CNC(=O)CCC2CCCCC2)CCCCC1. The van der Waals surface area contributed by atoms with E-state index in [1.165, 1.54) is 51.4 Å². The minimum atomic E-state index is -0.126. The molecule has 0 aliphatic heterocycles. The fraction of sp³-hybridized carbons (Fsp3) is 0.938. The molecule has 118 valence electrons. The van der Waals surface area contributed by atoms with Crippen LogP contribution in [0, 0.1) is 5.92 Å². The summed E-state index contributed by atoms with van der Waals surface area (Å²) in [7, 11) is 0. The van der Waals surface area contributed by atoms with E-state index in [1.807, 2.05) is 0 Å². The van der Waals surface area contributed by atoms with E-state index in [1.54, 1.807) is 0 Å². The molecular weight excluding hydrogens is 272 g/mol. The van der Waals surface area contributed by atoms with Crippen molar-refractivity contribution in [2.75, 3.05) is 6.54 Å². The van der Waals surface area contributed by atoms with Gasteiger partial charge in [-0.2, -0.15) is 0 Å². The van der Waals surface area contributed by atoms with Crippen molar-refractivity contribution in [3.63, 3.8) is 0 Å². The predicted molar refractivity (Wildman–Crippen MR) is 86.1 cm³/mol. The lowest BCUT2D eigenvalue weighted by molar-refractivity contribution is -0.121. The third kappa shape index (κ3) is 6.01. The summed E-state index contributed by atoms with van der Waals surface area (Å²) >= 11 is 0.